The molecule has 1 aromatic rings. The number of amides is 2. The van der Waals surface area contributed by atoms with E-state index in [0.29, 0.717) is 19.5 Å². The van der Waals surface area contributed by atoms with Crippen molar-refractivity contribution in [1.82, 2.24) is 10.2 Å². The summed E-state index contributed by atoms with van der Waals surface area (Å²) in [6.45, 7) is 0.986. The second kappa shape index (κ2) is 6.61. The fourth-order valence-electron chi connectivity index (χ4n) is 1.36. The molecule has 0 heterocycles. The highest BCUT2D eigenvalue weighted by Gasteiger charge is 2.05. The van der Waals surface area contributed by atoms with Gasteiger partial charge in [-0.2, -0.15) is 0 Å². The van der Waals surface area contributed by atoms with E-state index in [1.807, 2.05) is 30.3 Å². The Bertz CT molecular complexity index is 338. The Morgan fingerprint density at radius 2 is 2.06 bits per heavy atom. The molecular formula is C12H16N2O2. The first kappa shape index (κ1) is 12.2. The number of hydrogen-bond donors (Lipinski definition) is 1. The molecule has 0 fully saturated rings. The molecule has 1 aromatic carbocycles. The first-order valence-corrected chi connectivity index (χ1v) is 5.20. The lowest BCUT2D eigenvalue weighted by Crippen LogP contribution is -2.28. The highest BCUT2D eigenvalue weighted by molar-refractivity contribution is 5.75. The van der Waals surface area contributed by atoms with Crippen molar-refractivity contribution in [2.45, 2.75) is 13.0 Å². The molecule has 2 amide bonds. The van der Waals surface area contributed by atoms with Gasteiger partial charge in [0.1, 0.15) is 0 Å². The summed E-state index contributed by atoms with van der Waals surface area (Å²) in [6, 6.07) is 9.69. The van der Waals surface area contributed by atoms with Gasteiger partial charge in [-0.05, 0) is 5.56 Å². The van der Waals surface area contributed by atoms with Crippen molar-refractivity contribution in [3.8, 4) is 0 Å². The molecule has 0 aliphatic carbocycles. The summed E-state index contributed by atoms with van der Waals surface area (Å²) >= 11 is 0. The molecular weight excluding hydrogens is 204 g/mol. The van der Waals surface area contributed by atoms with Crippen LogP contribution in [0.5, 0.6) is 0 Å². The highest BCUT2D eigenvalue weighted by atomic mass is 16.2. The molecule has 0 saturated carbocycles. The minimum atomic E-state index is -0.0556. The summed E-state index contributed by atoms with van der Waals surface area (Å²) in [5, 5.41) is 2.53. The molecule has 4 heteroatoms. The molecule has 0 saturated heterocycles. The first-order valence-electron chi connectivity index (χ1n) is 5.20. The SMILES string of the molecule is CNC(=O)CCN(C=O)Cc1ccccc1. The van der Waals surface area contributed by atoms with Crippen LogP contribution in [0.3, 0.4) is 0 Å². The summed E-state index contributed by atoms with van der Waals surface area (Å²) in [5.74, 6) is -0.0556. The third kappa shape index (κ3) is 4.13. The minimum Gasteiger partial charge on any atom is -0.359 e. The van der Waals surface area contributed by atoms with Crippen LogP contribution in [0.25, 0.3) is 0 Å². The van der Waals surface area contributed by atoms with Crippen LogP contribution in [0.15, 0.2) is 30.3 Å². The molecule has 0 atom stereocenters. The van der Waals surface area contributed by atoms with Crippen molar-refractivity contribution >= 4 is 12.3 Å². The predicted molar refractivity (Wildman–Crippen MR) is 61.6 cm³/mol. The Hall–Kier alpha value is -1.84. The minimum absolute atomic E-state index is 0.0556. The van der Waals surface area contributed by atoms with E-state index in [4.69, 9.17) is 0 Å². The number of rotatable bonds is 6. The van der Waals surface area contributed by atoms with Gasteiger partial charge < -0.3 is 10.2 Å². The number of carbonyl (C=O) groups is 2. The zero-order valence-corrected chi connectivity index (χ0v) is 9.35. The molecule has 0 unspecified atom stereocenters. The lowest BCUT2D eigenvalue weighted by Gasteiger charge is -2.16. The van der Waals surface area contributed by atoms with Crippen LogP contribution < -0.4 is 5.32 Å². The van der Waals surface area contributed by atoms with Crippen molar-refractivity contribution in [1.29, 1.82) is 0 Å². The van der Waals surface area contributed by atoms with Gasteiger partial charge in [-0.1, -0.05) is 30.3 Å². The van der Waals surface area contributed by atoms with E-state index in [2.05, 4.69) is 5.32 Å². The van der Waals surface area contributed by atoms with Crippen LogP contribution in [-0.2, 0) is 16.1 Å². The second-order valence-corrected chi connectivity index (χ2v) is 3.48. The lowest BCUT2D eigenvalue weighted by molar-refractivity contribution is -0.122. The number of hydrogen-bond acceptors (Lipinski definition) is 2. The van der Waals surface area contributed by atoms with E-state index in [1.165, 1.54) is 0 Å². The molecule has 0 aliphatic rings. The van der Waals surface area contributed by atoms with Crippen LogP contribution in [0.1, 0.15) is 12.0 Å². The summed E-state index contributed by atoms with van der Waals surface area (Å²) in [6.07, 6.45) is 1.11. The maximum atomic E-state index is 11.0. The van der Waals surface area contributed by atoms with Crippen LogP contribution in [0.2, 0.25) is 0 Å². The molecule has 0 bridgehead atoms. The van der Waals surface area contributed by atoms with Crippen LogP contribution in [-0.4, -0.2) is 30.8 Å². The monoisotopic (exact) mass is 220 g/mol. The smallest absolute Gasteiger partial charge is 0.221 e. The molecule has 0 spiro atoms. The van der Waals surface area contributed by atoms with Crippen molar-refractivity contribution in [3.05, 3.63) is 35.9 Å². The lowest BCUT2D eigenvalue weighted by atomic mass is 10.2. The van der Waals surface area contributed by atoms with Gasteiger partial charge in [0.2, 0.25) is 12.3 Å². The van der Waals surface area contributed by atoms with Gasteiger partial charge in [-0.15, -0.1) is 0 Å². The largest absolute Gasteiger partial charge is 0.359 e. The van der Waals surface area contributed by atoms with Crippen molar-refractivity contribution in [2.75, 3.05) is 13.6 Å². The van der Waals surface area contributed by atoms with Gasteiger partial charge in [0.15, 0.2) is 0 Å². The Labute approximate surface area is 95.3 Å². The number of benzene rings is 1. The van der Waals surface area contributed by atoms with Gasteiger partial charge in [0.05, 0.1) is 0 Å². The van der Waals surface area contributed by atoms with Crippen LogP contribution in [0, 0.1) is 0 Å². The van der Waals surface area contributed by atoms with Gasteiger partial charge >= 0.3 is 0 Å². The molecule has 0 aliphatic heterocycles. The Kier molecular flexibility index (Phi) is 5.05. The van der Waals surface area contributed by atoms with Crippen LogP contribution >= 0.6 is 0 Å². The quantitative estimate of drug-likeness (QED) is 0.720. The topological polar surface area (TPSA) is 49.4 Å². The van der Waals surface area contributed by atoms with Crippen molar-refractivity contribution in [3.63, 3.8) is 0 Å². The average molecular weight is 220 g/mol. The third-order valence-electron chi connectivity index (χ3n) is 2.28. The van der Waals surface area contributed by atoms with Crippen molar-refractivity contribution in [2.24, 2.45) is 0 Å². The normalized spacial score (nSPS) is 9.56. The number of nitrogens with zero attached hydrogens (tertiary/aromatic N) is 1. The fourth-order valence-corrected chi connectivity index (χ4v) is 1.36. The summed E-state index contributed by atoms with van der Waals surface area (Å²) in [7, 11) is 1.59. The highest BCUT2D eigenvalue weighted by Crippen LogP contribution is 2.03. The molecule has 16 heavy (non-hydrogen) atoms. The molecule has 4 nitrogen and oxygen atoms in total. The van der Waals surface area contributed by atoms with Crippen LogP contribution in [0.4, 0.5) is 0 Å². The average Bonchev–Trinajstić information content (AvgIpc) is 2.35. The Balaban J connectivity index is 2.43. The third-order valence-corrected chi connectivity index (χ3v) is 2.28. The zero-order chi connectivity index (χ0) is 11.8. The van der Waals surface area contributed by atoms with Gasteiger partial charge in [0.25, 0.3) is 0 Å². The molecule has 86 valence electrons. The van der Waals surface area contributed by atoms with Crippen molar-refractivity contribution < 1.29 is 9.59 Å². The molecule has 0 radical (unpaired) electrons. The molecule has 0 aromatic heterocycles. The molecule has 1 rings (SSSR count). The van der Waals surface area contributed by atoms with Gasteiger partial charge in [0, 0.05) is 26.6 Å². The summed E-state index contributed by atoms with van der Waals surface area (Å²) in [4.78, 5) is 23.4. The fraction of sp³-hybridized carbons (Fsp3) is 0.333. The Morgan fingerprint density at radius 1 is 1.38 bits per heavy atom. The maximum absolute atomic E-state index is 11.0. The molecule has 1 N–H and O–H groups in total. The van der Waals surface area contributed by atoms with E-state index in [9.17, 15) is 9.59 Å². The van der Waals surface area contributed by atoms with E-state index in [1.54, 1.807) is 11.9 Å². The van der Waals surface area contributed by atoms with Gasteiger partial charge in [-0.3, -0.25) is 9.59 Å². The Morgan fingerprint density at radius 3 is 2.62 bits per heavy atom. The van der Waals surface area contributed by atoms with E-state index in [-0.39, 0.29) is 5.91 Å². The summed E-state index contributed by atoms with van der Waals surface area (Å²) < 4.78 is 0. The first-order chi connectivity index (χ1) is 7.76. The van der Waals surface area contributed by atoms with Gasteiger partial charge in [-0.25, -0.2) is 0 Å². The second-order valence-electron chi connectivity index (χ2n) is 3.48. The predicted octanol–water partition coefficient (Wildman–Crippen LogP) is 0.781. The van der Waals surface area contributed by atoms with E-state index >= 15 is 0 Å². The standard InChI is InChI=1S/C12H16N2O2/c1-13-12(16)7-8-14(10-15)9-11-5-3-2-4-6-11/h2-6,10H,7-9H2,1H3,(H,13,16). The number of carbonyl (C=O) groups excluding carboxylic acids is 2. The number of nitrogens with one attached hydrogen (secondary N) is 1. The zero-order valence-electron chi connectivity index (χ0n) is 9.35. The van der Waals surface area contributed by atoms with E-state index < -0.39 is 0 Å². The van der Waals surface area contributed by atoms with E-state index in [0.717, 1.165) is 12.0 Å². The summed E-state index contributed by atoms with van der Waals surface area (Å²) in [5.41, 5.74) is 1.06. The maximum Gasteiger partial charge on any atom is 0.221 e.